The van der Waals surface area contributed by atoms with Crippen LogP contribution in [0.2, 0.25) is 0 Å². The molecule has 0 fully saturated rings. The molecular weight excluding hydrogens is 342 g/mol. The van der Waals surface area contributed by atoms with Crippen molar-refractivity contribution in [2.75, 3.05) is 24.4 Å². The van der Waals surface area contributed by atoms with Crippen LogP contribution < -0.4 is 15.4 Å². The van der Waals surface area contributed by atoms with E-state index in [1.54, 1.807) is 38.3 Å². The average Bonchev–Trinajstić information content (AvgIpc) is 3.03. The molecule has 2 N–H and O–H groups in total. The Kier molecular flexibility index (Phi) is 6.72. The molecule has 9 heteroatoms. The van der Waals surface area contributed by atoms with E-state index in [1.165, 1.54) is 6.07 Å². The van der Waals surface area contributed by atoms with Gasteiger partial charge in [-0.05, 0) is 31.2 Å². The minimum absolute atomic E-state index is 0.0606. The molecule has 0 radical (unpaired) electrons. The quantitative estimate of drug-likeness (QED) is 0.689. The normalized spacial score (nSPS) is 10.1. The molecule has 0 aliphatic rings. The number of amides is 2. The maximum atomic E-state index is 11.8. The Morgan fingerprint density at radius 2 is 1.81 bits per heavy atom. The molecule has 0 saturated heterocycles. The molecule has 0 bridgehead atoms. The number of anilines is 2. The van der Waals surface area contributed by atoms with Gasteiger partial charge in [0.05, 0.1) is 13.5 Å². The lowest BCUT2D eigenvalue weighted by molar-refractivity contribution is -0.147. The number of ether oxygens (including phenoxy) is 2. The number of nitrogens with one attached hydrogen (secondary N) is 2. The summed E-state index contributed by atoms with van der Waals surface area (Å²) in [6, 6.07) is 8.32. The predicted octanol–water partition coefficient (Wildman–Crippen LogP) is 1.89. The van der Waals surface area contributed by atoms with Crippen LogP contribution in [-0.4, -0.2) is 36.7 Å². The van der Waals surface area contributed by atoms with Gasteiger partial charge in [0, 0.05) is 18.2 Å². The summed E-state index contributed by atoms with van der Waals surface area (Å²) in [5.74, 6) is -0.0847. The first-order valence-corrected chi connectivity index (χ1v) is 7.79. The number of aryl methyl sites for hydroxylation is 1. The Morgan fingerprint density at radius 3 is 2.42 bits per heavy atom. The van der Waals surface area contributed by atoms with Crippen molar-refractivity contribution in [3.05, 3.63) is 36.1 Å². The molecule has 1 heterocycles. The number of nitrogens with zero attached hydrogens (tertiary/aromatic N) is 1. The van der Waals surface area contributed by atoms with Gasteiger partial charge >= 0.3 is 5.97 Å². The monoisotopic (exact) mass is 361 g/mol. The van der Waals surface area contributed by atoms with E-state index in [4.69, 9.17) is 14.0 Å². The van der Waals surface area contributed by atoms with Gasteiger partial charge in [0.15, 0.2) is 12.4 Å². The molecule has 0 aliphatic heterocycles. The average molecular weight is 361 g/mol. The highest BCUT2D eigenvalue weighted by Gasteiger charge is 2.12. The first-order chi connectivity index (χ1) is 12.5. The highest BCUT2D eigenvalue weighted by Crippen LogP contribution is 2.15. The summed E-state index contributed by atoms with van der Waals surface area (Å²) in [7, 11) is 1.55. The molecule has 2 aromatic rings. The van der Waals surface area contributed by atoms with Crippen LogP contribution in [0.3, 0.4) is 0 Å². The zero-order valence-electron chi connectivity index (χ0n) is 14.4. The number of benzene rings is 1. The summed E-state index contributed by atoms with van der Waals surface area (Å²) in [6.07, 6.45) is -0.201. The van der Waals surface area contributed by atoms with Crippen molar-refractivity contribution in [2.24, 2.45) is 0 Å². The van der Waals surface area contributed by atoms with E-state index in [2.05, 4.69) is 15.8 Å². The van der Waals surface area contributed by atoms with E-state index < -0.39 is 18.5 Å². The topological polar surface area (TPSA) is 120 Å². The maximum absolute atomic E-state index is 11.8. The molecule has 1 aromatic heterocycles. The number of carbonyl (C=O) groups is 3. The molecule has 26 heavy (non-hydrogen) atoms. The largest absolute Gasteiger partial charge is 0.497 e. The first kappa shape index (κ1) is 19.0. The lowest BCUT2D eigenvalue weighted by Crippen LogP contribution is -2.21. The predicted molar refractivity (Wildman–Crippen MR) is 91.7 cm³/mol. The van der Waals surface area contributed by atoms with Crippen molar-refractivity contribution in [1.82, 2.24) is 5.16 Å². The molecule has 0 unspecified atom stereocenters. The number of rotatable bonds is 8. The van der Waals surface area contributed by atoms with Crippen molar-refractivity contribution in [3.8, 4) is 5.75 Å². The number of hydrogen-bond acceptors (Lipinski definition) is 7. The summed E-state index contributed by atoms with van der Waals surface area (Å²) in [5, 5.41) is 8.65. The van der Waals surface area contributed by atoms with Gasteiger partial charge in [-0.3, -0.25) is 14.4 Å². The van der Waals surface area contributed by atoms with Gasteiger partial charge in [-0.2, -0.15) is 0 Å². The van der Waals surface area contributed by atoms with Crippen LogP contribution in [0.4, 0.5) is 11.5 Å². The fraction of sp³-hybridized carbons (Fsp3) is 0.294. The molecule has 2 amide bonds. The van der Waals surface area contributed by atoms with Crippen LogP contribution in [0.5, 0.6) is 5.75 Å². The molecule has 0 aliphatic carbocycles. The molecule has 9 nitrogen and oxygen atoms in total. The number of carbonyl (C=O) groups excluding carboxylic acids is 3. The molecule has 138 valence electrons. The van der Waals surface area contributed by atoms with E-state index in [0.29, 0.717) is 17.2 Å². The van der Waals surface area contributed by atoms with Gasteiger partial charge in [0.2, 0.25) is 5.91 Å². The smallest absolute Gasteiger partial charge is 0.306 e. The fourth-order valence-corrected chi connectivity index (χ4v) is 1.94. The van der Waals surface area contributed by atoms with Gasteiger partial charge in [-0.25, -0.2) is 0 Å². The van der Waals surface area contributed by atoms with Gasteiger partial charge in [0.25, 0.3) is 5.91 Å². The molecule has 2 rings (SSSR count). The summed E-state index contributed by atoms with van der Waals surface area (Å²) in [4.78, 5) is 35.0. The van der Waals surface area contributed by atoms with Gasteiger partial charge < -0.3 is 24.6 Å². The van der Waals surface area contributed by atoms with E-state index in [1.807, 2.05) is 0 Å². The van der Waals surface area contributed by atoms with Crippen LogP contribution >= 0.6 is 0 Å². The Balaban J connectivity index is 1.65. The Bertz CT molecular complexity index is 769. The van der Waals surface area contributed by atoms with Crippen LogP contribution in [-0.2, 0) is 19.1 Å². The highest BCUT2D eigenvalue weighted by molar-refractivity contribution is 5.94. The molecule has 0 spiro atoms. The van der Waals surface area contributed by atoms with Crippen molar-refractivity contribution in [3.63, 3.8) is 0 Å². The third kappa shape index (κ3) is 6.27. The number of esters is 1. The zero-order chi connectivity index (χ0) is 18.9. The van der Waals surface area contributed by atoms with E-state index in [9.17, 15) is 14.4 Å². The molecular formula is C17H19N3O6. The lowest BCUT2D eigenvalue weighted by atomic mass is 10.2. The van der Waals surface area contributed by atoms with Crippen molar-refractivity contribution >= 4 is 29.3 Å². The summed E-state index contributed by atoms with van der Waals surface area (Å²) in [6.45, 7) is 1.21. The van der Waals surface area contributed by atoms with Gasteiger partial charge in [0.1, 0.15) is 11.5 Å². The zero-order valence-corrected chi connectivity index (χ0v) is 14.4. The summed E-state index contributed by atoms with van der Waals surface area (Å²) >= 11 is 0. The Morgan fingerprint density at radius 1 is 1.08 bits per heavy atom. The van der Waals surface area contributed by atoms with Crippen molar-refractivity contribution in [1.29, 1.82) is 0 Å². The van der Waals surface area contributed by atoms with Gasteiger partial charge in [-0.15, -0.1) is 0 Å². The number of aromatic nitrogens is 1. The van der Waals surface area contributed by atoms with Crippen LogP contribution in [0.15, 0.2) is 34.9 Å². The van der Waals surface area contributed by atoms with Crippen molar-refractivity contribution < 1.29 is 28.4 Å². The SMILES string of the molecule is COc1ccc(NC(=O)CCC(=O)OCC(=O)Nc2cc(C)on2)cc1. The maximum Gasteiger partial charge on any atom is 0.306 e. The number of methoxy groups -OCH3 is 1. The highest BCUT2D eigenvalue weighted by atomic mass is 16.5. The second kappa shape index (κ2) is 9.21. The Hall–Kier alpha value is -3.36. The number of hydrogen-bond donors (Lipinski definition) is 2. The van der Waals surface area contributed by atoms with Crippen LogP contribution in [0, 0.1) is 6.92 Å². The third-order valence-electron chi connectivity index (χ3n) is 3.19. The minimum Gasteiger partial charge on any atom is -0.497 e. The molecule has 0 saturated carbocycles. The third-order valence-corrected chi connectivity index (χ3v) is 3.19. The van der Waals surface area contributed by atoms with Crippen LogP contribution in [0.1, 0.15) is 18.6 Å². The fourth-order valence-electron chi connectivity index (χ4n) is 1.94. The second-order valence-electron chi connectivity index (χ2n) is 5.31. The lowest BCUT2D eigenvalue weighted by Gasteiger charge is -2.07. The van der Waals surface area contributed by atoms with E-state index in [0.717, 1.165) is 0 Å². The Labute approximate surface area is 149 Å². The van der Waals surface area contributed by atoms with Crippen LogP contribution in [0.25, 0.3) is 0 Å². The summed E-state index contributed by atoms with van der Waals surface area (Å²) in [5.41, 5.74) is 0.589. The first-order valence-electron chi connectivity index (χ1n) is 7.79. The molecule has 1 aromatic carbocycles. The van der Waals surface area contributed by atoms with Crippen molar-refractivity contribution in [2.45, 2.75) is 19.8 Å². The standard InChI is InChI=1S/C17H19N3O6/c1-11-9-14(20-26-11)19-16(22)10-25-17(23)8-7-15(21)18-12-3-5-13(24-2)6-4-12/h3-6,9H,7-8,10H2,1-2H3,(H,18,21)(H,19,20,22). The minimum atomic E-state index is -0.652. The molecule has 0 atom stereocenters. The van der Waals surface area contributed by atoms with E-state index in [-0.39, 0.29) is 24.6 Å². The summed E-state index contributed by atoms with van der Waals surface area (Å²) < 4.78 is 14.6. The van der Waals surface area contributed by atoms with Gasteiger partial charge in [-0.1, -0.05) is 5.16 Å². The second-order valence-corrected chi connectivity index (χ2v) is 5.31. The van der Waals surface area contributed by atoms with E-state index >= 15 is 0 Å².